The van der Waals surface area contributed by atoms with Crippen molar-refractivity contribution >= 4 is 27.7 Å². The highest BCUT2D eigenvalue weighted by Crippen LogP contribution is 2.30. The van der Waals surface area contributed by atoms with Crippen molar-refractivity contribution in [1.82, 2.24) is 9.21 Å². The number of hydrogen-bond donors (Lipinski definition) is 3. The molecule has 0 aromatic heterocycles. The molecule has 3 aromatic rings. The van der Waals surface area contributed by atoms with Crippen molar-refractivity contribution in [3.8, 4) is 0 Å². The highest BCUT2D eigenvalue weighted by molar-refractivity contribution is 7.89. The summed E-state index contributed by atoms with van der Waals surface area (Å²) in [6.45, 7) is 5.37. The zero-order chi connectivity index (χ0) is 35.4. The number of aliphatic hydroxyl groups excluding tert-OH is 1. The van der Waals surface area contributed by atoms with Crippen LogP contribution in [-0.4, -0.2) is 73.1 Å². The second kappa shape index (κ2) is 18.1. The van der Waals surface area contributed by atoms with Crippen molar-refractivity contribution in [1.29, 1.82) is 0 Å². The number of aliphatic hydroxyl groups is 1. The highest BCUT2D eigenvalue weighted by Gasteiger charge is 2.38. The number of nitrogens with zero attached hydrogens (tertiary/aromatic N) is 2. The van der Waals surface area contributed by atoms with Crippen LogP contribution in [0.25, 0.3) is 0 Å². The molecule has 0 spiro atoms. The van der Waals surface area contributed by atoms with Gasteiger partial charge in [-0.05, 0) is 67.3 Å². The number of carbonyl (C=O) groups excluding carboxylic acids is 2. The molecule has 2 amide bonds. The molecule has 0 saturated carbocycles. The number of imide groups is 1. The summed E-state index contributed by atoms with van der Waals surface area (Å²) in [5.74, 6) is -1.83. The molecule has 0 aliphatic heterocycles. The van der Waals surface area contributed by atoms with Gasteiger partial charge in [0.25, 0.3) is 0 Å². The Morgan fingerprint density at radius 2 is 1.48 bits per heavy atom. The van der Waals surface area contributed by atoms with E-state index in [-0.39, 0.29) is 29.5 Å². The van der Waals surface area contributed by atoms with Gasteiger partial charge in [-0.15, -0.1) is 0 Å². The van der Waals surface area contributed by atoms with Crippen LogP contribution in [-0.2, 0) is 19.6 Å². The maximum Gasteiger partial charge on any atom is 0.416 e. The van der Waals surface area contributed by atoms with Gasteiger partial charge < -0.3 is 21.3 Å². The largest absolute Gasteiger partial charge is 0.452 e. The maximum atomic E-state index is 14.3. The van der Waals surface area contributed by atoms with E-state index in [0.717, 1.165) is 22.1 Å². The summed E-state index contributed by atoms with van der Waals surface area (Å²) in [4.78, 5) is 28.1. The van der Waals surface area contributed by atoms with Crippen LogP contribution in [0.3, 0.4) is 0 Å². The molecule has 5 N–H and O–H groups in total. The summed E-state index contributed by atoms with van der Waals surface area (Å²) >= 11 is 0. The molecule has 0 aliphatic rings. The van der Waals surface area contributed by atoms with Crippen molar-refractivity contribution < 1.29 is 32.2 Å². The Labute approximate surface area is 283 Å². The number of sulfonamides is 1. The second-order valence-corrected chi connectivity index (χ2v) is 14.2. The first-order valence-electron chi connectivity index (χ1n) is 16.3. The number of benzene rings is 3. The highest BCUT2D eigenvalue weighted by atomic mass is 32.2. The third-order valence-corrected chi connectivity index (χ3v) is 10.6. The van der Waals surface area contributed by atoms with Crippen LogP contribution in [0.1, 0.15) is 69.9 Å². The Kier molecular flexibility index (Phi) is 14.5. The number of anilines is 1. The van der Waals surface area contributed by atoms with E-state index < -0.39 is 58.5 Å². The van der Waals surface area contributed by atoms with E-state index in [0.29, 0.717) is 25.7 Å². The Morgan fingerprint density at radius 1 is 0.917 bits per heavy atom. The van der Waals surface area contributed by atoms with Gasteiger partial charge in [-0.2, -0.15) is 4.31 Å². The van der Waals surface area contributed by atoms with Crippen LogP contribution in [0.2, 0.25) is 0 Å². The van der Waals surface area contributed by atoms with Crippen LogP contribution in [0, 0.1) is 11.7 Å². The van der Waals surface area contributed by atoms with Gasteiger partial charge in [0.15, 0.2) is 0 Å². The molecular weight excluding hydrogens is 635 g/mol. The molecule has 12 heteroatoms. The maximum absolute atomic E-state index is 14.3. The average Bonchev–Trinajstić information content (AvgIpc) is 3.08. The first-order chi connectivity index (χ1) is 22.9. The molecule has 0 bridgehead atoms. The normalized spacial score (nSPS) is 13.8. The zero-order valence-corrected chi connectivity index (χ0v) is 29.0. The van der Waals surface area contributed by atoms with Gasteiger partial charge in [-0.3, -0.25) is 4.79 Å². The second-order valence-electron chi connectivity index (χ2n) is 12.3. The van der Waals surface area contributed by atoms with Crippen LogP contribution < -0.4 is 11.5 Å². The number of nitrogens with two attached hydrogens (primary N) is 2. The van der Waals surface area contributed by atoms with Crippen LogP contribution in [0.4, 0.5) is 14.9 Å². The molecule has 0 radical (unpaired) electrons. The standard InChI is InChI=1S/C36H49FN4O6S/c1-5-28(17-12-18-29(24-42)40(22-21-25(2)3)48(45,46)30-19-20-32(38)31(37)23-30)41(36(44)47-4)35(43)34(39)33(26-13-8-6-9-14-26)27-15-10-7-11-16-27/h6-11,13-16,19-20,23,25,28-29,33-34,42H,5,12,17-18,21-22,24,38-39H2,1-4H3/t28-,29-,34-/m0/s1. The lowest BCUT2D eigenvalue weighted by Crippen LogP contribution is -2.53. The predicted molar refractivity (Wildman–Crippen MR) is 185 cm³/mol. The number of methoxy groups -OCH3 is 1. The van der Waals surface area contributed by atoms with E-state index >= 15 is 0 Å². The van der Waals surface area contributed by atoms with Crippen molar-refractivity contribution in [3.05, 3.63) is 95.8 Å². The first kappa shape index (κ1) is 38.6. The third kappa shape index (κ3) is 9.62. The summed E-state index contributed by atoms with van der Waals surface area (Å²) in [5.41, 5.74) is 13.7. The van der Waals surface area contributed by atoms with Gasteiger partial charge in [0.1, 0.15) is 5.82 Å². The average molecular weight is 685 g/mol. The van der Waals surface area contributed by atoms with Gasteiger partial charge in [-0.25, -0.2) is 22.5 Å². The summed E-state index contributed by atoms with van der Waals surface area (Å²) in [7, 11) is -3.00. The lowest BCUT2D eigenvalue weighted by atomic mass is 9.84. The SMILES string of the molecule is CC[C@@H](CCC[C@@H](CO)N(CCC(C)C)S(=O)(=O)c1ccc(N)c(F)c1)N(C(=O)OC)C(=O)[C@@H](N)C(c1ccccc1)c1ccccc1. The minimum Gasteiger partial charge on any atom is -0.452 e. The molecule has 10 nitrogen and oxygen atoms in total. The summed E-state index contributed by atoms with van der Waals surface area (Å²) in [6, 6.07) is 19.5. The molecular formula is C36H49FN4O6S. The number of amides is 2. The Bertz CT molecular complexity index is 1540. The van der Waals surface area contributed by atoms with Gasteiger partial charge in [0.05, 0.1) is 30.3 Å². The van der Waals surface area contributed by atoms with Crippen molar-refractivity contribution in [2.75, 3.05) is 26.0 Å². The van der Waals surface area contributed by atoms with Gasteiger partial charge >= 0.3 is 6.09 Å². The number of rotatable bonds is 17. The lowest BCUT2D eigenvalue weighted by molar-refractivity contribution is -0.133. The van der Waals surface area contributed by atoms with Crippen LogP contribution in [0.5, 0.6) is 0 Å². The minimum atomic E-state index is -4.20. The quantitative estimate of drug-likeness (QED) is 0.157. The fraction of sp³-hybridized carbons (Fsp3) is 0.444. The summed E-state index contributed by atoms with van der Waals surface area (Å²) in [5, 5.41) is 10.4. The molecule has 3 atom stereocenters. The van der Waals surface area contributed by atoms with Crippen molar-refractivity contribution in [2.45, 2.75) is 81.8 Å². The van der Waals surface area contributed by atoms with Crippen LogP contribution in [0.15, 0.2) is 83.8 Å². The molecule has 3 rings (SSSR count). The van der Waals surface area contributed by atoms with E-state index in [9.17, 15) is 27.5 Å². The molecule has 0 fully saturated rings. The molecule has 262 valence electrons. The number of halogens is 1. The number of nitrogen functional groups attached to an aromatic ring is 1. The smallest absolute Gasteiger partial charge is 0.416 e. The fourth-order valence-corrected chi connectivity index (χ4v) is 7.54. The molecule has 0 unspecified atom stereocenters. The predicted octanol–water partition coefficient (Wildman–Crippen LogP) is 5.51. The molecule has 48 heavy (non-hydrogen) atoms. The van der Waals surface area contributed by atoms with E-state index in [1.165, 1.54) is 23.5 Å². The lowest BCUT2D eigenvalue weighted by Gasteiger charge is -2.34. The van der Waals surface area contributed by atoms with Crippen molar-refractivity contribution in [2.24, 2.45) is 11.7 Å². The molecule has 0 aliphatic carbocycles. The van der Waals surface area contributed by atoms with Gasteiger partial charge in [0, 0.05) is 24.5 Å². The summed E-state index contributed by atoms with van der Waals surface area (Å²) < 4.78 is 48.0. The number of hydrogen-bond acceptors (Lipinski definition) is 8. The van der Waals surface area contributed by atoms with Gasteiger partial charge in [-0.1, -0.05) is 81.4 Å². The summed E-state index contributed by atoms with van der Waals surface area (Å²) in [6.07, 6.45) is 0.928. The first-order valence-corrected chi connectivity index (χ1v) is 17.7. The van der Waals surface area contributed by atoms with E-state index in [2.05, 4.69) is 0 Å². The topological polar surface area (TPSA) is 156 Å². The number of carbonyl (C=O) groups is 2. The zero-order valence-electron chi connectivity index (χ0n) is 28.2. The van der Waals surface area contributed by atoms with E-state index in [1.54, 1.807) is 0 Å². The van der Waals surface area contributed by atoms with E-state index in [4.69, 9.17) is 16.2 Å². The molecule has 3 aromatic carbocycles. The van der Waals surface area contributed by atoms with Gasteiger partial charge in [0.2, 0.25) is 15.9 Å². The van der Waals surface area contributed by atoms with Crippen LogP contribution >= 0.6 is 0 Å². The Balaban J connectivity index is 1.86. The minimum absolute atomic E-state index is 0.108. The Hall–Kier alpha value is -3.84. The fourth-order valence-electron chi connectivity index (χ4n) is 5.87. The monoisotopic (exact) mass is 684 g/mol. The van der Waals surface area contributed by atoms with Crippen molar-refractivity contribution in [3.63, 3.8) is 0 Å². The molecule has 0 saturated heterocycles. The number of ether oxygens (including phenoxy) is 1. The van der Waals surface area contributed by atoms with E-state index in [1.807, 2.05) is 81.4 Å². The third-order valence-electron chi connectivity index (χ3n) is 8.60. The Morgan fingerprint density at radius 3 is 1.96 bits per heavy atom. The molecule has 0 heterocycles.